The maximum atomic E-state index is 6.16. The zero-order chi connectivity index (χ0) is 21.8. The summed E-state index contributed by atoms with van der Waals surface area (Å²) in [4.78, 5) is 7.55. The van der Waals surface area contributed by atoms with Gasteiger partial charge in [-0.3, -0.25) is 4.98 Å². The van der Waals surface area contributed by atoms with Crippen molar-refractivity contribution < 1.29 is 14.2 Å². The summed E-state index contributed by atoms with van der Waals surface area (Å²) >= 11 is 0. The van der Waals surface area contributed by atoms with Gasteiger partial charge in [0.25, 0.3) is 0 Å². The first-order valence-corrected chi connectivity index (χ1v) is 11.7. The van der Waals surface area contributed by atoms with E-state index in [4.69, 9.17) is 19.2 Å². The number of methoxy groups -OCH3 is 2. The molecule has 6 heteroatoms. The number of pyridine rings is 1. The third-order valence-corrected chi connectivity index (χ3v) is 6.43. The van der Waals surface area contributed by atoms with Crippen molar-refractivity contribution in [2.45, 2.75) is 52.0 Å². The predicted molar refractivity (Wildman–Crippen MR) is 126 cm³/mol. The van der Waals surface area contributed by atoms with Gasteiger partial charge in [-0.05, 0) is 69.7 Å². The summed E-state index contributed by atoms with van der Waals surface area (Å²) in [6, 6.07) is 4.35. The van der Waals surface area contributed by atoms with Crippen LogP contribution in [0.1, 0.15) is 44.4 Å². The molecule has 0 saturated carbocycles. The van der Waals surface area contributed by atoms with Crippen LogP contribution in [0.4, 0.5) is 5.69 Å². The molecule has 2 aromatic rings. The van der Waals surface area contributed by atoms with E-state index in [-0.39, 0.29) is 6.04 Å². The largest absolute Gasteiger partial charge is 0.493 e. The highest BCUT2D eigenvalue weighted by atomic mass is 16.5. The third-order valence-electron chi connectivity index (χ3n) is 6.43. The summed E-state index contributed by atoms with van der Waals surface area (Å²) in [6.45, 7) is 9.35. The molecule has 0 amide bonds. The topological polar surface area (TPSA) is 55.8 Å². The monoisotopic (exact) mass is 427 g/mol. The van der Waals surface area contributed by atoms with Gasteiger partial charge in [0.15, 0.2) is 11.5 Å². The summed E-state index contributed by atoms with van der Waals surface area (Å²) in [5.74, 6) is 2.16. The minimum absolute atomic E-state index is 0.211. The van der Waals surface area contributed by atoms with E-state index < -0.39 is 0 Å². The molecular formula is C25H37N3O3. The molecule has 1 aromatic heterocycles. The first-order valence-electron chi connectivity index (χ1n) is 11.7. The van der Waals surface area contributed by atoms with Gasteiger partial charge in [-0.25, -0.2) is 0 Å². The van der Waals surface area contributed by atoms with E-state index in [1.54, 1.807) is 14.2 Å². The van der Waals surface area contributed by atoms with Crippen molar-refractivity contribution in [1.82, 2.24) is 9.88 Å². The summed E-state index contributed by atoms with van der Waals surface area (Å²) in [6.07, 6.45) is 5.76. The average molecular weight is 428 g/mol. The molecule has 2 heterocycles. The molecular weight excluding hydrogens is 390 g/mol. The van der Waals surface area contributed by atoms with Crippen LogP contribution in [0.2, 0.25) is 0 Å². The van der Waals surface area contributed by atoms with Crippen LogP contribution in [-0.2, 0) is 17.6 Å². The molecule has 1 aliphatic heterocycles. The fraction of sp³-hybridized carbons (Fsp3) is 0.640. The molecule has 170 valence electrons. The van der Waals surface area contributed by atoms with Gasteiger partial charge in [0.1, 0.15) is 0 Å². The molecule has 0 radical (unpaired) electrons. The van der Waals surface area contributed by atoms with Crippen molar-refractivity contribution in [3.8, 4) is 11.5 Å². The lowest BCUT2D eigenvalue weighted by atomic mass is 10.0. The Morgan fingerprint density at radius 1 is 1.16 bits per heavy atom. The molecule has 1 unspecified atom stereocenters. The Labute approximate surface area is 186 Å². The molecule has 1 aromatic carbocycles. The van der Waals surface area contributed by atoms with Gasteiger partial charge >= 0.3 is 0 Å². The number of aromatic nitrogens is 1. The standard InChI is InChI=1S/C25H37N3O3/c1-17-12-19-21(13-17)27-22-15-24(31-11-7-10-28-8-5-6-9-28)23(30-4)14-20(22)25(19)26-18(2)16-29-3/h14-15,17-18H,5-13,16H2,1-4H3,(H,26,27)/t17?,18-/m0/s1. The SMILES string of the molecule is COC[C@H](C)Nc1c2c(nc3cc(OCCCN4CCCC4)c(OC)cc13)CC(C)C2. The molecule has 0 spiro atoms. The van der Waals surface area contributed by atoms with E-state index in [1.165, 1.54) is 42.9 Å². The highest BCUT2D eigenvalue weighted by Crippen LogP contribution is 2.41. The van der Waals surface area contributed by atoms with E-state index in [2.05, 4.69) is 36.2 Å². The lowest BCUT2D eigenvalue weighted by Crippen LogP contribution is -2.22. The number of anilines is 1. The number of ether oxygens (including phenoxy) is 3. The van der Waals surface area contributed by atoms with E-state index in [1.807, 2.05) is 0 Å². The molecule has 1 fully saturated rings. The fourth-order valence-corrected chi connectivity index (χ4v) is 4.95. The highest BCUT2D eigenvalue weighted by molar-refractivity contribution is 5.96. The number of nitrogens with one attached hydrogen (secondary N) is 1. The van der Waals surface area contributed by atoms with Crippen LogP contribution < -0.4 is 14.8 Å². The van der Waals surface area contributed by atoms with Crippen LogP contribution in [0.3, 0.4) is 0 Å². The minimum atomic E-state index is 0.211. The van der Waals surface area contributed by atoms with E-state index in [0.717, 1.165) is 48.2 Å². The van der Waals surface area contributed by atoms with Crippen LogP contribution in [0.25, 0.3) is 10.9 Å². The molecule has 1 aliphatic carbocycles. The second-order valence-electron chi connectivity index (χ2n) is 9.20. The number of benzene rings is 1. The zero-order valence-electron chi connectivity index (χ0n) is 19.5. The fourth-order valence-electron chi connectivity index (χ4n) is 4.95. The lowest BCUT2D eigenvalue weighted by Gasteiger charge is -2.21. The van der Waals surface area contributed by atoms with Crippen molar-refractivity contribution in [2.75, 3.05) is 52.4 Å². The Hall–Kier alpha value is -2.05. The van der Waals surface area contributed by atoms with Gasteiger partial charge in [-0.2, -0.15) is 0 Å². The zero-order valence-corrected chi connectivity index (χ0v) is 19.5. The summed E-state index contributed by atoms with van der Waals surface area (Å²) in [7, 11) is 3.45. The first-order chi connectivity index (χ1) is 15.1. The van der Waals surface area contributed by atoms with Gasteiger partial charge < -0.3 is 24.4 Å². The van der Waals surface area contributed by atoms with E-state index >= 15 is 0 Å². The number of hydrogen-bond donors (Lipinski definition) is 1. The number of hydrogen-bond acceptors (Lipinski definition) is 6. The summed E-state index contributed by atoms with van der Waals surface area (Å²) < 4.78 is 17.2. The third kappa shape index (κ3) is 5.07. The van der Waals surface area contributed by atoms with Gasteiger partial charge in [-0.15, -0.1) is 0 Å². The molecule has 1 N–H and O–H groups in total. The Morgan fingerprint density at radius 2 is 1.97 bits per heavy atom. The maximum Gasteiger partial charge on any atom is 0.163 e. The lowest BCUT2D eigenvalue weighted by molar-refractivity contribution is 0.190. The van der Waals surface area contributed by atoms with Crippen molar-refractivity contribution in [1.29, 1.82) is 0 Å². The summed E-state index contributed by atoms with van der Waals surface area (Å²) in [5, 5.41) is 4.79. The number of fused-ring (bicyclic) bond motifs is 2. The molecule has 2 atom stereocenters. The number of likely N-dealkylation sites (tertiary alicyclic amines) is 1. The van der Waals surface area contributed by atoms with Crippen LogP contribution in [-0.4, -0.2) is 63.0 Å². The highest BCUT2D eigenvalue weighted by Gasteiger charge is 2.26. The smallest absolute Gasteiger partial charge is 0.163 e. The Balaban J connectivity index is 1.59. The number of rotatable bonds is 10. The second kappa shape index (κ2) is 10.0. The van der Waals surface area contributed by atoms with Gasteiger partial charge in [0.2, 0.25) is 0 Å². The molecule has 6 nitrogen and oxygen atoms in total. The first kappa shape index (κ1) is 22.2. The number of nitrogens with zero attached hydrogens (tertiary/aromatic N) is 2. The minimum Gasteiger partial charge on any atom is -0.493 e. The molecule has 4 rings (SSSR count). The Kier molecular flexibility index (Phi) is 7.18. The van der Waals surface area contributed by atoms with Crippen molar-refractivity contribution in [3.63, 3.8) is 0 Å². The van der Waals surface area contributed by atoms with E-state index in [0.29, 0.717) is 19.1 Å². The Bertz CT molecular complexity index is 895. The van der Waals surface area contributed by atoms with Gasteiger partial charge in [0, 0.05) is 42.5 Å². The normalized spacial score (nSPS) is 19.5. The van der Waals surface area contributed by atoms with Gasteiger partial charge in [0.05, 0.1) is 25.8 Å². The van der Waals surface area contributed by atoms with Gasteiger partial charge in [-0.1, -0.05) is 6.92 Å². The molecule has 31 heavy (non-hydrogen) atoms. The average Bonchev–Trinajstić information content (AvgIpc) is 3.39. The quantitative estimate of drug-likeness (QED) is 0.571. The Morgan fingerprint density at radius 3 is 2.71 bits per heavy atom. The van der Waals surface area contributed by atoms with Crippen LogP contribution in [0.5, 0.6) is 11.5 Å². The van der Waals surface area contributed by atoms with Crippen molar-refractivity contribution >= 4 is 16.6 Å². The molecule has 0 bridgehead atoms. The maximum absolute atomic E-state index is 6.16. The second-order valence-corrected chi connectivity index (χ2v) is 9.20. The van der Waals surface area contributed by atoms with Crippen LogP contribution in [0, 0.1) is 5.92 Å². The summed E-state index contributed by atoms with van der Waals surface area (Å²) in [5.41, 5.74) is 4.68. The molecule has 2 aliphatic rings. The van der Waals surface area contributed by atoms with Crippen molar-refractivity contribution in [2.24, 2.45) is 5.92 Å². The predicted octanol–water partition coefficient (Wildman–Crippen LogP) is 4.29. The van der Waals surface area contributed by atoms with Crippen LogP contribution in [0.15, 0.2) is 12.1 Å². The van der Waals surface area contributed by atoms with E-state index in [9.17, 15) is 0 Å². The molecule has 1 saturated heterocycles. The van der Waals surface area contributed by atoms with Crippen molar-refractivity contribution in [3.05, 3.63) is 23.4 Å². The van der Waals surface area contributed by atoms with Crippen LogP contribution >= 0.6 is 0 Å².